The highest BCUT2D eigenvalue weighted by Gasteiger charge is 2.20. The lowest BCUT2D eigenvalue weighted by molar-refractivity contribution is -0.117. The quantitative estimate of drug-likeness (QED) is 0.685. The number of carbonyl (C=O) groups excluding carboxylic acids is 2. The Morgan fingerprint density at radius 1 is 1.07 bits per heavy atom. The van der Waals surface area contributed by atoms with E-state index < -0.39 is 11.6 Å². The maximum absolute atomic E-state index is 12.2. The summed E-state index contributed by atoms with van der Waals surface area (Å²) in [5.41, 5.74) is 0.553. The van der Waals surface area contributed by atoms with Gasteiger partial charge in [0.05, 0.1) is 12.3 Å². The van der Waals surface area contributed by atoms with Crippen LogP contribution in [-0.4, -0.2) is 56.0 Å². The number of urea groups is 1. The summed E-state index contributed by atoms with van der Waals surface area (Å²) in [4.78, 5) is 26.5. The second-order valence-corrected chi connectivity index (χ2v) is 9.39. The number of aromatic nitrogens is 3. The lowest BCUT2D eigenvalue weighted by Crippen LogP contribution is -2.48. The summed E-state index contributed by atoms with van der Waals surface area (Å²) < 4.78 is 2.00. The average Bonchev–Trinajstić information content (AvgIpc) is 3.08. The first-order valence-corrected chi connectivity index (χ1v) is 11.3. The molecule has 1 saturated heterocycles. The molecule has 162 valence electrons. The van der Waals surface area contributed by atoms with Gasteiger partial charge in [-0.05, 0) is 58.8 Å². The van der Waals surface area contributed by atoms with Crippen LogP contribution < -0.4 is 10.6 Å². The van der Waals surface area contributed by atoms with Crippen molar-refractivity contribution in [2.24, 2.45) is 0 Å². The van der Waals surface area contributed by atoms with Gasteiger partial charge in [0.2, 0.25) is 5.91 Å². The van der Waals surface area contributed by atoms with Crippen LogP contribution in [0.1, 0.15) is 45.9 Å². The number of para-hydroxylation sites is 1. The van der Waals surface area contributed by atoms with Gasteiger partial charge in [0.1, 0.15) is 0 Å². The van der Waals surface area contributed by atoms with Gasteiger partial charge in [-0.3, -0.25) is 19.6 Å². The van der Waals surface area contributed by atoms with Crippen LogP contribution in [0.4, 0.5) is 4.79 Å². The Kier molecular flexibility index (Phi) is 7.49. The fourth-order valence-electron chi connectivity index (χ4n) is 3.31. The first kappa shape index (κ1) is 22.3. The summed E-state index contributed by atoms with van der Waals surface area (Å²) in [6, 6.07) is 9.42. The predicted molar refractivity (Wildman–Crippen MR) is 118 cm³/mol. The van der Waals surface area contributed by atoms with Gasteiger partial charge in [-0.1, -0.05) is 36.4 Å². The van der Waals surface area contributed by atoms with Crippen LogP contribution in [0.2, 0.25) is 0 Å². The molecule has 1 aromatic carbocycles. The minimum atomic E-state index is -0.497. The Morgan fingerprint density at radius 3 is 2.43 bits per heavy atom. The van der Waals surface area contributed by atoms with Crippen molar-refractivity contribution in [3.63, 3.8) is 0 Å². The molecule has 0 radical (unpaired) electrons. The predicted octanol–water partition coefficient (Wildman–Crippen LogP) is 2.97. The van der Waals surface area contributed by atoms with Crippen molar-refractivity contribution in [3.05, 3.63) is 36.2 Å². The van der Waals surface area contributed by atoms with Crippen LogP contribution in [0.25, 0.3) is 5.69 Å². The molecule has 3 amide bonds. The Morgan fingerprint density at radius 2 is 1.77 bits per heavy atom. The van der Waals surface area contributed by atoms with E-state index in [1.165, 1.54) is 31.0 Å². The molecule has 0 atom stereocenters. The number of piperidine rings is 1. The summed E-state index contributed by atoms with van der Waals surface area (Å²) in [6.45, 7) is 8.43. The number of nitrogens with zero attached hydrogens (tertiary/aromatic N) is 4. The molecule has 1 aliphatic heterocycles. The van der Waals surface area contributed by atoms with Gasteiger partial charge in [-0.15, -0.1) is 10.2 Å². The Labute approximate surface area is 181 Å². The zero-order valence-electron chi connectivity index (χ0n) is 17.9. The van der Waals surface area contributed by atoms with Crippen LogP contribution in [0.5, 0.6) is 0 Å². The third-order valence-corrected chi connectivity index (χ3v) is 5.53. The number of amides is 3. The summed E-state index contributed by atoms with van der Waals surface area (Å²) in [5, 5.41) is 14.5. The lowest BCUT2D eigenvalue weighted by atomic mass is 10.1. The molecule has 2 N–H and O–H groups in total. The van der Waals surface area contributed by atoms with Gasteiger partial charge in [-0.25, -0.2) is 4.79 Å². The molecular formula is C21H30N6O2S. The molecule has 30 heavy (non-hydrogen) atoms. The third-order valence-electron chi connectivity index (χ3n) is 4.60. The molecule has 2 aromatic rings. The molecule has 0 spiro atoms. The topological polar surface area (TPSA) is 92.2 Å². The maximum Gasteiger partial charge on any atom is 0.321 e. The van der Waals surface area contributed by atoms with Crippen LogP contribution in [0.15, 0.2) is 35.5 Å². The highest BCUT2D eigenvalue weighted by Crippen LogP contribution is 2.23. The first-order valence-electron chi connectivity index (χ1n) is 10.3. The fourth-order valence-corrected chi connectivity index (χ4v) is 4.09. The van der Waals surface area contributed by atoms with E-state index in [1.807, 2.05) is 55.7 Å². The number of hydrogen-bond donors (Lipinski definition) is 2. The molecule has 0 bridgehead atoms. The largest absolute Gasteiger partial charge is 0.333 e. The molecule has 1 aromatic heterocycles. The highest BCUT2D eigenvalue weighted by molar-refractivity contribution is 7.99. The zero-order chi connectivity index (χ0) is 21.6. The third kappa shape index (κ3) is 6.56. The number of hydrogen-bond acceptors (Lipinski definition) is 6. The minimum absolute atomic E-state index is 0.0756. The molecule has 3 rings (SSSR count). The van der Waals surface area contributed by atoms with Crippen LogP contribution in [0.3, 0.4) is 0 Å². The number of imide groups is 1. The molecule has 0 saturated carbocycles. The summed E-state index contributed by atoms with van der Waals surface area (Å²) in [6.07, 6.45) is 3.69. The highest BCUT2D eigenvalue weighted by atomic mass is 32.2. The van der Waals surface area contributed by atoms with Gasteiger partial charge >= 0.3 is 6.03 Å². The second-order valence-electron chi connectivity index (χ2n) is 8.45. The van der Waals surface area contributed by atoms with E-state index >= 15 is 0 Å². The first-order chi connectivity index (χ1) is 14.3. The minimum Gasteiger partial charge on any atom is -0.333 e. The fraction of sp³-hybridized carbons (Fsp3) is 0.524. The van der Waals surface area contributed by atoms with E-state index in [0.29, 0.717) is 5.16 Å². The standard InChI is InChI=1S/C21H30N6O2S/c1-21(2,3)23-19(29)22-18(28)15-30-20-25-24-17(14-26-12-8-5-9-13-26)27(20)16-10-6-4-7-11-16/h4,6-7,10-11H,5,8-9,12-15H2,1-3H3,(H2,22,23,28,29). The monoisotopic (exact) mass is 430 g/mol. The van der Waals surface area contributed by atoms with Crippen molar-refractivity contribution in [1.29, 1.82) is 0 Å². The van der Waals surface area contributed by atoms with Gasteiger partial charge in [0, 0.05) is 11.2 Å². The SMILES string of the molecule is CC(C)(C)NC(=O)NC(=O)CSc1nnc(CN2CCCCC2)n1-c1ccccc1. The van der Waals surface area contributed by atoms with E-state index in [0.717, 1.165) is 31.1 Å². The number of carbonyl (C=O) groups is 2. The number of thioether (sulfide) groups is 1. The second kappa shape index (κ2) is 10.1. The smallest absolute Gasteiger partial charge is 0.321 e. The van der Waals surface area contributed by atoms with Gasteiger partial charge in [0.15, 0.2) is 11.0 Å². The normalized spacial score (nSPS) is 15.0. The molecular weight excluding hydrogens is 400 g/mol. The number of benzene rings is 1. The number of likely N-dealkylation sites (tertiary alicyclic amines) is 1. The van der Waals surface area contributed by atoms with E-state index in [9.17, 15) is 9.59 Å². The molecule has 2 heterocycles. The average molecular weight is 431 g/mol. The van der Waals surface area contributed by atoms with E-state index in [1.54, 1.807) is 0 Å². The molecule has 0 aliphatic carbocycles. The van der Waals surface area contributed by atoms with E-state index in [2.05, 4.69) is 25.7 Å². The zero-order valence-corrected chi connectivity index (χ0v) is 18.7. The van der Waals surface area contributed by atoms with Crippen molar-refractivity contribution < 1.29 is 9.59 Å². The van der Waals surface area contributed by atoms with Crippen molar-refractivity contribution >= 4 is 23.7 Å². The summed E-state index contributed by atoms with van der Waals surface area (Å²) in [7, 11) is 0. The van der Waals surface area contributed by atoms with Crippen LogP contribution in [0, 0.1) is 0 Å². The molecule has 1 aliphatic rings. The van der Waals surface area contributed by atoms with Crippen molar-refractivity contribution in [1.82, 2.24) is 30.3 Å². The Bertz CT molecular complexity index is 856. The Balaban J connectivity index is 1.69. The summed E-state index contributed by atoms with van der Waals surface area (Å²) in [5.74, 6) is 0.560. The van der Waals surface area contributed by atoms with Crippen molar-refractivity contribution in [3.8, 4) is 5.69 Å². The van der Waals surface area contributed by atoms with Crippen LogP contribution in [-0.2, 0) is 11.3 Å². The van der Waals surface area contributed by atoms with E-state index in [4.69, 9.17) is 0 Å². The molecule has 9 heteroatoms. The Hall–Kier alpha value is -2.39. The number of rotatable bonds is 6. The maximum atomic E-state index is 12.2. The molecule has 8 nitrogen and oxygen atoms in total. The molecule has 0 unspecified atom stereocenters. The summed E-state index contributed by atoms with van der Waals surface area (Å²) >= 11 is 1.27. The number of nitrogens with one attached hydrogen (secondary N) is 2. The van der Waals surface area contributed by atoms with Crippen LogP contribution >= 0.6 is 11.8 Å². The van der Waals surface area contributed by atoms with Crippen molar-refractivity contribution in [2.75, 3.05) is 18.8 Å². The lowest BCUT2D eigenvalue weighted by Gasteiger charge is -2.26. The van der Waals surface area contributed by atoms with Crippen molar-refractivity contribution in [2.45, 2.75) is 57.3 Å². The van der Waals surface area contributed by atoms with E-state index in [-0.39, 0.29) is 11.7 Å². The van der Waals surface area contributed by atoms with Gasteiger partial charge in [-0.2, -0.15) is 0 Å². The molecule has 1 fully saturated rings. The van der Waals surface area contributed by atoms with Gasteiger partial charge < -0.3 is 5.32 Å². The van der Waals surface area contributed by atoms with Gasteiger partial charge in [0.25, 0.3) is 0 Å².